The standard InChI is InChI=1S/C12H15FO3S/c1-12(2,11(14)16-3)8-17(15)10-6-4-9(13)5-7-10/h4-7H,8H2,1-3H3. The van der Waals surface area contributed by atoms with Crippen LogP contribution < -0.4 is 0 Å². The van der Waals surface area contributed by atoms with E-state index in [-0.39, 0.29) is 11.6 Å². The Morgan fingerprint density at radius 3 is 2.35 bits per heavy atom. The molecule has 0 saturated heterocycles. The zero-order valence-electron chi connectivity index (χ0n) is 10.0. The molecule has 1 atom stereocenters. The van der Waals surface area contributed by atoms with Crippen LogP contribution in [0.15, 0.2) is 29.2 Å². The van der Waals surface area contributed by atoms with Crippen LogP contribution in [-0.4, -0.2) is 23.0 Å². The number of ether oxygens (including phenoxy) is 1. The maximum atomic E-state index is 12.7. The predicted octanol–water partition coefficient (Wildman–Crippen LogP) is 2.13. The zero-order chi connectivity index (χ0) is 13.1. The van der Waals surface area contributed by atoms with Crippen molar-refractivity contribution in [3.05, 3.63) is 30.1 Å². The van der Waals surface area contributed by atoms with Crippen molar-refractivity contribution in [1.29, 1.82) is 0 Å². The molecule has 17 heavy (non-hydrogen) atoms. The molecule has 3 nitrogen and oxygen atoms in total. The van der Waals surface area contributed by atoms with Gasteiger partial charge in [-0.3, -0.25) is 9.00 Å². The average Bonchev–Trinajstić information content (AvgIpc) is 2.28. The lowest BCUT2D eigenvalue weighted by atomic mass is 9.97. The lowest BCUT2D eigenvalue weighted by Crippen LogP contribution is -2.31. The van der Waals surface area contributed by atoms with Crippen LogP contribution in [0.1, 0.15) is 13.8 Å². The minimum atomic E-state index is -1.35. The van der Waals surface area contributed by atoms with E-state index >= 15 is 0 Å². The van der Waals surface area contributed by atoms with Crippen LogP contribution in [0.4, 0.5) is 4.39 Å². The van der Waals surface area contributed by atoms with Gasteiger partial charge < -0.3 is 4.74 Å². The Hall–Kier alpha value is -1.23. The first-order chi connectivity index (χ1) is 7.86. The molecule has 0 amide bonds. The number of hydrogen-bond donors (Lipinski definition) is 0. The highest BCUT2D eigenvalue weighted by atomic mass is 32.2. The molecule has 0 aromatic heterocycles. The van der Waals surface area contributed by atoms with E-state index in [0.717, 1.165) is 0 Å². The van der Waals surface area contributed by atoms with E-state index in [4.69, 9.17) is 0 Å². The fourth-order valence-corrected chi connectivity index (χ4v) is 2.71. The first kappa shape index (κ1) is 13.8. The topological polar surface area (TPSA) is 43.4 Å². The fourth-order valence-electron chi connectivity index (χ4n) is 1.33. The van der Waals surface area contributed by atoms with Gasteiger partial charge in [-0.1, -0.05) is 0 Å². The van der Waals surface area contributed by atoms with Gasteiger partial charge >= 0.3 is 5.97 Å². The summed E-state index contributed by atoms with van der Waals surface area (Å²) >= 11 is 0. The van der Waals surface area contributed by atoms with Crippen LogP contribution in [0, 0.1) is 11.2 Å². The van der Waals surface area contributed by atoms with Crippen LogP contribution >= 0.6 is 0 Å². The number of benzene rings is 1. The molecule has 0 heterocycles. The van der Waals surface area contributed by atoms with Crippen molar-refractivity contribution >= 4 is 16.8 Å². The summed E-state index contributed by atoms with van der Waals surface area (Å²) in [6, 6.07) is 5.41. The Bertz CT molecular complexity index is 426. The molecule has 0 aliphatic rings. The smallest absolute Gasteiger partial charge is 0.312 e. The third-order valence-electron chi connectivity index (χ3n) is 2.31. The predicted molar refractivity (Wildman–Crippen MR) is 63.5 cm³/mol. The van der Waals surface area contributed by atoms with E-state index < -0.39 is 22.2 Å². The lowest BCUT2D eigenvalue weighted by molar-refractivity contribution is -0.149. The Morgan fingerprint density at radius 2 is 1.88 bits per heavy atom. The largest absolute Gasteiger partial charge is 0.469 e. The quantitative estimate of drug-likeness (QED) is 0.777. The number of halogens is 1. The monoisotopic (exact) mass is 258 g/mol. The second-order valence-corrected chi connectivity index (χ2v) is 5.77. The van der Waals surface area contributed by atoms with Crippen molar-refractivity contribution in [3.63, 3.8) is 0 Å². The molecule has 5 heteroatoms. The molecule has 0 aliphatic carbocycles. The van der Waals surface area contributed by atoms with Crippen LogP contribution in [0.2, 0.25) is 0 Å². The van der Waals surface area contributed by atoms with Gasteiger partial charge in [0.05, 0.1) is 23.3 Å². The summed E-state index contributed by atoms with van der Waals surface area (Å²) < 4.78 is 29.3. The van der Waals surface area contributed by atoms with Crippen LogP contribution in [0.25, 0.3) is 0 Å². The molecule has 0 radical (unpaired) electrons. The summed E-state index contributed by atoms with van der Waals surface area (Å²) in [7, 11) is -0.0543. The maximum absolute atomic E-state index is 12.7. The van der Waals surface area contributed by atoms with Gasteiger partial charge in [-0.2, -0.15) is 0 Å². The van der Waals surface area contributed by atoms with Crippen molar-refractivity contribution in [2.45, 2.75) is 18.7 Å². The van der Waals surface area contributed by atoms with Gasteiger partial charge in [0, 0.05) is 10.6 Å². The van der Waals surface area contributed by atoms with Gasteiger partial charge in [0.15, 0.2) is 0 Å². The van der Waals surface area contributed by atoms with Gasteiger partial charge in [-0.25, -0.2) is 4.39 Å². The molecule has 0 aliphatic heterocycles. The van der Waals surface area contributed by atoms with Gasteiger partial charge in [-0.15, -0.1) is 0 Å². The molecule has 0 spiro atoms. The van der Waals surface area contributed by atoms with Crippen molar-refractivity contribution < 1.29 is 18.1 Å². The molecule has 1 rings (SSSR count). The summed E-state index contributed by atoms with van der Waals surface area (Å²) in [5.41, 5.74) is -0.825. The lowest BCUT2D eigenvalue weighted by Gasteiger charge is -2.20. The summed E-state index contributed by atoms with van der Waals surface area (Å²) in [6.07, 6.45) is 0. The van der Waals surface area contributed by atoms with Crippen molar-refractivity contribution in [2.75, 3.05) is 12.9 Å². The number of methoxy groups -OCH3 is 1. The summed E-state index contributed by atoms with van der Waals surface area (Å²) in [5, 5.41) is 0. The third-order valence-corrected chi connectivity index (χ3v) is 4.09. The number of carbonyl (C=O) groups is 1. The SMILES string of the molecule is COC(=O)C(C)(C)CS(=O)c1ccc(F)cc1. The number of carbonyl (C=O) groups excluding carboxylic acids is 1. The highest BCUT2D eigenvalue weighted by molar-refractivity contribution is 7.85. The van der Waals surface area contributed by atoms with E-state index in [2.05, 4.69) is 4.74 Å². The Morgan fingerprint density at radius 1 is 1.35 bits per heavy atom. The zero-order valence-corrected chi connectivity index (χ0v) is 10.8. The summed E-state index contributed by atoms with van der Waals surface area (Å²) in [5.74, 6) is -0.642. The molecule has 1 unspecified atom stereocenters. The first-order valence-electron chi connectivity index (χ1n) is 5.09. The molecule has 0 bridgehead atoms. The van der Waals surface area contributed by atoms with E-state index in [0.29, 0.717) is 4.90 Å². The minimum Gasteiger partial charge on any atom is -0.469 e. The Balaban J connectivity index is 2.79. The normalized spacial score (nSPS) is 13.2. The molecule has 1 aromatic carbocycles. The van der Waals surface area contributed by atoms with Crippen molar-refractivity contribution in [3.8, 4) is 0 Å². The van der Waals surface area contributed by atoms with E-state index in [1.807, 2.05) is 0 Å². The van der Waals surface area contributed by atoms with Crippen molar-refractivity contribution in [2.24, 2.45) is 5.41 Å². The van der Waals surface area contributed by atoms with Crippen LogP contribution in [0.3, 0.4) is 0 Å². The molecule has 1 aromatic rings. The third kappa shape index (κ3) is 3.63. The Labute approximate surface area is 102 Å². The van der Waals surface area contributed by atoms with E-state index in [9.17, 15) is 13.4 Å². The van der Waals surface area contributed by atoms with Gasteiger partial charge in [0.1, 0.15) is 5.82 Å². The second kappa shape index (κ2) is 5.40. The van der Waals surface area contributed by atoms with Crippen LogP contribution in [-0.2, 0) is 20.3 Å². The molecule has 0 saturated carbocycles. The van der Waals surface area contributed by atoms with Gasteiger partial charge in [0.2, 0.25) is 0 Å². The molecule has 0 fully saturated rings. The highest BCUT2D eigenvalue weighted by Crippen LogP contribution is 2.21. The number of hydrogen-bond acceptors (Lipinski definition) is 3. The first-order valence-corrected chi connectivity index (χ1v) is 6.41. The second-order valence-electron chi connectivity index (χ2n) is 4.32. The minimum absolute atomic E-state index is 0.144. The molecular weight excluding hydrogens is 243 g/mol. The molecular formula is C12H15FO3S. The highest BCUT2D eigenvalue weighted by Gasteiger charge is 2.31. The number of rotatable bonds is 4. The number of esters is 1. The average molecular weight is 258 g/mol. The maximum Gasteiger partial charge on any atom is 0.312 e. The Kier molecular flexibility index (Phi) is 4.40. The van der Waals surface area contributed by atoms with E-state index in [1.54, 1.807) is 13.8 Å². The molecule has 94 valence electrons. The van der Waals surface area contributed by atoms with Crippen molar-refractivity contribution in [1.82, 2.24) is 0 Å². The molecule has 0 N–H and O–H groups in total. The summed E-state index contributed by atoms with van der Waals surface area (Å²) in [6.45, 7) is 3.33. The van der Waals surface area contributed by atoms with Gasteiger partial charge in [0.25, 0.3) is 0 Å². The summed E-state index contributed by atoms with van der Waals surface area (Å²) in [4.78, 5) is 11.9. The van der Waals surface area contributed by atoms with Crippen LogP contribution in [0.5, 0.6) is 0 Å². The fraction of sp³-hybridized carbons (Fsp3) is 0.417. The van der Waals surface area contributed by atoms with E-state index in [1.165, 1.54) is 31.4 Å². The van der Waals surface area contributed by atoms with Gasteiger partial charge in [-0.05, 0) is 38.1 Å².